The maximum absolute atomic E-state index is 13.2. The van der Waals surface area contributed by atoms with Crippen molar-refractivity contribution in [3.8, 4) is 11.5 Å². The van der Waals surface area contributed by atoms with Crippen LogP contribution >= 0.6 is 23.2 Å². The molecular formula is C27H21Cl2N3O6. The van der Waals surface area contributed by atoms with Gasteiger partial charge in [-0.2, -0.15) is 0 Å². The average molecular weight is 554 g/mol. The number of ether oxygens (including phenoxy) is 2. The number of carbonyl (C=O) groups excluding carboxylic acids is 4. The van der Waals surface area contributed by atoms with E-state index in [1.54, 1.807) is 36.4 Å². The Morgan fingerprint density at radius 3 is 2.32 bits per heavy atom. The second kappa shape index (κ2) is 11.8. The topological polar surface area (TPSA) is 114 Å². The van der Waals surface area contributed by atoms with Crippen LogP contribution in [0.25, 0.3) is 6.08 Å². The Hall–Kier alpha value is -4.34. The fourth-order valence-corrected chi connectivity index (χ4v) is 3.85. The predicted molar refractivity (Wildman–Crippen MR) is 144 cm³/mol. The Morgan fingerprint density at radius 1 is 0.947 bits per heavy atom. The first kappa shape index (κ1) is 26.7. The Kier molecular flexibility index (Phi) is 8.30. The van der Waals surface area contributed by atoms with Gasteiger partial charge >= 0.3 is 6.03 Å². The second-order valence-corrected chi connectivity index (χ2v) is 8.78. The first-order valence-electron chi connectivity index (χ1n) is 11.4. The lowest BCUT2D eigenvalue weighted by Gasteiger charge is -2.26. The van der Waals surface area contributed by atoms with Gasteiger partial charge in [0, 0.05) is 21.3 Å². The smallest absolute Gasteiger partial charge is 0.335 e. The Labute approximate surface area is 227 Å². The third-order valence-electron chi connectivity index (χ3n) is 5.27. The van der Waals surface area contributed by atoms with Crippen LogP contribution < -0.4 is 25.0 Å². The number of hydrogen-bond donors (Lipinski definition) is 2. The van der Waals surface area contributed by atoms with E-state index in [1.165, 1.54) is 36.4 Å². The molecule has 3 aromatic rings. The maximum atomic E-state index is 13.2. The van der Waals surface area contributed by atoms with Crippen molar-refractivity contribution in [1.82, 2.24) is 5.32 Å². The van der Waals surface area contributed by atoms with Crippen LogP contribution in [-0.4, -0.2) is 37.0 Å². The Morgan fingerprint density at radius 2 is 1.63 bits per heavy atom. The highest BCUT2D eigenvalue weighted by Gasteiger charge is 2.37. The highest BCUT2D eigenvalue weighted by Crippen LogP contribution is 2.29. The predicted octanol–water partition coefficient (Wildman–Crippen LogP) is 5.08. The van der Waals surface area contributed by atoms with Crippen molar-refractivity contribution in [2.45, 2.75) is 6.92 Å². The average Bonchev–Trinajstić information content (AvgIpc) is 2.88. The van der Waals surface area contributed by atoms with Crippen molar-refractivity contribution in [3.63, 3.8) is 0 Å². The molecule has 0 unspecified atom stereocenters. The molecule has 38 heavy (non-hydrogen) atoms. The molecule has 1 heterocycles. The summed E-state index contributed by atoms with van der Waals surface area (Å²) in [5.41, 5.74) is 0.716. The fourth-order valence-electron chi connectivity index (χ4n) is 3.54. The monoisotopic (exact) mass is 553 g/mol. The summed E-state index contributed by atoms with van der Waals surface area (Å²) in [6, 6.07) is 16.5. The molecule has 0 aliphatic carbocycles. The molecule has 0 saturated carbocycles. The zero-order chi connectivity index (χ0) is 27.2. The van der Waals surface area contributed by atoms with Gasteiger partial charge in [-0.25, -0.2) is 9.69 Å². The summed E-state index contributed by atoms with van der Waals surface area (Å²) in [6.07, 6.45) is 1.25. The van der Waals surface area contributed by atoms with Crippen molar-refractivity contribution < 1.29 is 28.7 Å². The largest absolute Gasteiger partial charge is 0.494 e. The van der Waals surface area contributed by atoms with Gasteiger partial charge in [-0.05, 0) is 79.7 Å². The fraction of sp³-hybridized carbons (Fsp3) is 0.111. The lowest BCUT2D eigenvalue weighted by atomic mass is 10.1. The molecule has 1 aliphatic rings. The molecule has 0 spiro atoms. The molecular weight excluding hydrogens is 533 g/mol. The molecule has 0 bridgehead atoms. The van der Waals surface area contributed by atoms with Gasteiger partial charge in [0.15, 0.2) is 6.61 Å². The summed E-state index contributed by atoms with van der Waals surface area (Å²) < 4.78 is 11.0. The number of barbiturate groups is 1. The SMILES string of the molecule is CCOc1ccc(N2C(=O)NC(=O)/C(=C\c3cc(Cl)ccc3OCC(=O)Nc3ccc(Cl)cc3)C2=O)cc1. The number of amides is 5. The van der Waals surface area contributed by atoms with E-state index in [-0.39, 0.29) is 29.2 Å². The molecule has 1 fully saturated rings. The molecule has 4 rings (SSSR count). The Balaban J connectivity index is 1.56. The van der Waals surface area contributed by atoms with Crippen LogP contribution in [0.4, 0.5) is 16.2 Å². The summed E-state index contributed by atoms with van der Waals surface area (Å²) in [5, 5.41) is 5.67. The number of nitrogens with one attached hydrogen (secondary N) is 2. The van der Waals surface area contributed by atoms with E-state index in [2.05, 4.69) is 10.6 Å². The van der Waals surface area contributed by atoms with Crippen LogP contribution in [0.1, 0.15) is 12.5 Å². The van der Waals surface area contributed by atoms with Crippen molar-refractivity contribution in [3.05, 3.63) is 87.9 Å². The first-order valence-corrected chi connectivity index (χ1v) is 12.1. The van der Waals surface area contributed by atoms with Crippen LogP contribution in [0, 0.1) is 0 Å². The molecule has 0 radical (unpaired) electrons. The minimum absolute atomic E-state index is 0.193. The number of halogens is 2. The van der Waals surface area contributed by atoms with Gasteiger partial charge in [0.05, 0.1) is 12.3 Å². The van der Waals surface area contributed by atoms with Crippen LogP contribution in [0.5, 0.6) is 11.5 Å². The summed E-state index contributed by atoms with van der Waals surface area (Å²) >= 11 is 12.0. The van der Waals surface area contributed by atoms with E-state index in [4.69, 9.17) is 32.7 Å². The molecule has 1 aliphatic heterocycles. The molecule has 1 saturated heterocycles. The van der Waals surface area contributed by atoms with Crippen molar-refractivity contribution in [2.75, 3.05) is 23.4 Å². The van der Waals surface area contributed by atoms with E-state index < -0.39 is 23.8 Å². The first-order chi connectivity index (χ1) is 18.2. The number of benzene rings is 3. The second-order valence-electron chi connectivity index (χ2n) is 7.91. The normalized spacial score (nSPS) is 14.3. The number of imide groups is 2. The maximum Gasteiger partial charge on any atom is 0.335 e. The zero-order valence-electron chi connectivity index (χ0n) is 20.0. The van der Waals surface area contributed by atoms with Crippen molar-refractivity contribution >= 4 is 64.4 Å². The van der Waals surface area contributed by atoms with Gasteiger partial charge in [-0.3, -0.25) is 19.7 Å². The van der Waals surface area contributed by atoms with Crippen LogP contribution in [-0.2, 0) is 14.4 Å². The minimum Gasteiger partial charge on any atom is -0.494 e. The van der Waals surface area contributed by atoms with Gasteiger partial charge in [-0.15, -0.1) is 0 Å². The van der Waals surface area contributed by atoms with E-state index in [0.29, 0.717) is 28.1 Å². The number of nitrogens with zero attached hydrogens (tertiary/aromatic N) is 1. The zero-order valence-corrected chi connectivity index (χ0v) is 21.5. The van der Waals surface area contributed by atoms with E-state index in [0.717, 1.165) is 4.90 Å². The number of anilines is 2. The van der Waals surface area contributed by atoms with Gasteiger partial charge < -0.3 is 14.8 Å². The summed E-state index contributed by atoms with van der Waals surface area (Å²) in [6.45, 7) is 1.92. The van der Waals surface area contributed by atoms with Gasteiger partial charge in [-0.1, -0.05) is 23.2 Å². The van der Waals surface area contributed by atoms with Crippen LogP contribution in [0.2, 0.25) is 10.0 Å². The molecule has 11 heteroatoms. The number of carbonyl (C=O) groups is 4. The standard InChI is InChI=1S/C27H21Cl2N3O6/c1-2-37-21-10-8-20(9-11-21)32-26(35)22(25(34)31-27(32)36)14-16-13-18(29)5-12-23(16)38-15-24(33)30-19-6-3-17(28)4-7-19/h3-14H,2,15H2,1H3,(H,30,33)(H,31,34,36)/b22-14+. The van der Waals surface area contributed by atoms with E-state index in [9.17, 15) is 19.2 Å². The van der Waals surface area contributed by atoms with Crippen molar-refractivity contribution in [1.29, 1.82) is 0 Å². The molecule has 194 valence electrons. The van der Waals surface area contributed by atoms with Gasteiger partial charge in [0.2, 0.25) is 0 Å². The lowest BCUT2D eigenvalue weighted by Crippen LogP contribution is -2.54. The van der Waals surface area contributed by atoms with Gasteiger partial charge in [0.1, 0.15) is 17.1 Å². The molecule has 2 N–H and O–H groups in total. The van der Waals surface area contributed by atoms with Crippen LogP contribution in [0.3, 0.4) is 0 Å². The number of rotatable bonds is 8. The molecule has 5 amide bonds. The lowest BCUT2D eigenvalue weighted by molar-refractivity contribution is -0.122. The highest BCUT2D eigenvalue weighted by atomic mass is 35.5. The minimum atomic E-state index is -0.886. The highest BCUT2D eigenvalue weighted by molar-refractivity contribution is 6.39. The summed E-state index contributed by atoms with van der Waals surface area (Å²) in [7, 11) is 0. The quantitative estimate of drug-likeness (QED) is 0.297. The number of hydrogen-bond acceptors (Lipinski definition) is 6. The molecule has 9 nitrogen and oxygen atoms in total. The van der Waals surface area contributed by atoms with Crippen molar-refractivity contribution in [2.24, 2.45) is 0 Å². The van der Waals surface area contributed by atoms with Crippen LogP contribution in [0.15, 0.2) is 72.3 Å². The third-order valence-corrected chi connectivity index (χ3v) is 5.75. The molecule has 3 aromatic carbocycles. The third kappa shape index (κ3) is 6.31. The molecule has 0 atom stereocenters. The van der Waals surface area contributed by atoms with E-state index >= 15 is 0 Å². The van der Waals surface area contributed by atoms with E-state index in [1.807, 2.05) is 6.92 Å². The molecule has 0 aromatic heterocycles. The summed E-state index contributed by atoms with van der Waals surface area (Å²) in [4.78, 5) is 51.6. The Bertz CT molecular complexity index is 1420. The summed E-state index contributed by atoms with van der Waals surface area (Å²) in [5.74, 6) is -1.41. The number of urea groups is 1. The van der Waals surface area contributed by atoms with Gasteiger partial charge in [0.25, 0.3) is 17.7 Å².